The zero-order valence-corrected chi connectivity index (χ0v) is 14.2. The highest BCUT2D eigenvalue weighted by atomic mass is 35.5. The van der Waals surface area contributed by atoms with Gasteiger partial charge in [0.05, 0.1) is 4.92 Å². The Hall–Kier alpha value is -2.45. The summed E-state index contributed by atoms with van der Waals surface area (Å²) in [7, 11) is 0. The molecule has 2 aromatic rings. The molecule has 1 fully saturated rings. The first kappa shape index (κ1) is 17.4. The third-order valence-electron chi connectivity index (χ3n) is 4.21. The molecule has 25 heavy (non-hydrogen) atoms. The molecule has 8 nitrogen and oxygen atoms in total. The lowest BCUT2D eigenvalue weighted by Gasteiger charge is -2.29. The fourth-order valence-corrected chi connectivity index (χ4v) is 2.98. The third kappa shape index (κ3) is 4.34. The molecule has 4 N–H and O–H groups in total. The summed E-state index contributed by atoms with van der Waals surface area (Å²) in [5.74, 6) is 0.443. The second kappa shape index (κ2) is 7.62. The number of rotatable bonds is 5. The summed E-state index contributed by atoms with van der Waals surface area (Å²) in [6.45, 7) is 0. The first-order valence-electron chi connectivity index (χ1n) is 8.09. The van der Waals surface area contributed by atoms with Crippen LogP contribution in [0.1, 0.15) is 25.7 Å². The van der Waals surface area contributed by atoms with Crippen molar-refractivity contribution in [3.8, 4) is 0 Å². The van der Waals surface area contributed by atoms with Crippen LogP contribution in [0.15, 0.2) is 30.5 Å². The van der Waals surface area contributed by atoms with Crippen molar-refractivity contribution in [3.63, 3.8) is 0 Å². The second-order valence-electron chi connectivity index (χ2n) is 6.02. The fraction of sp³-hybridized carbons (Fsp3) is 0.375. The third-order valence-corrected chi connectivity index (χ3v) is 4.46. The zero-order valence-electron chi connectivity index (χ0n) is 13.5. The quantitative estimate of drug-likeness (QED) is 0.550. The van der Waals surface area contributed by atoms with Gasteiger partial charge in [0.25, 0.3) is 0 Å². The molecule has 0 spiro atoms. The number of nitrogens with zero attached hydrogens (tertiary/aromatic N) is 3. The normalized spacial score (nSPS) is 20.1. The highest BCUT2D eigenvalue weighted by Gasteiger charge is 2.26. The summed E-state index contributed by atoms with van der Waals surface area (Å²) >= 11 is 5.86. The minimum absolute atomic E-state index is 0.0364. The number of benzene rings is 1. The second-order valence-corrected chi connectivity index (χ2v) is 6.45. The Balaban J connectivity index is 1.83. The zero-order chi connectivity index (χ0) is 17.8. The number of nitro groups is 1. The smallest absolute Gasteiger partial charge is 0.329 e. The number of halogens is 1. The van der Waals surface area contributed by atoms with Crippen molar-refractivity contribution < 1.29 is 4.92 Å². The van der Waals surface area contributed by atoms with Gasteiger partial charge in [-0.25, -0.2) is 4.98 Å². The first-order valence-corrected chi connectivity index (χ1v) is 8.47. The minimum atomic E-state index is -0.497. The molecule has 0 bridgehead atoms. The van der Waals surface area contributed by atoms with Crippen LogP contribution in [0, 0.1) is 10.1 Å². The van der Waals surface area contributed by atoms with Gasteiger partial charge in [-0.1, -0.05) is 24.4 Å². The standard InChI is InChI=1S/C16H19ClN6O2/c17-10-5-7-11(8-6-10)20-16-19-9-14(23(24)25)15(22-16)21-13-4-2-1-3-12(13)18/h5-9,12-13H,1-4,18H2,(H2,19,20,21,22)/t12-,13-/m1/s1. The van der Waals surface area contributed by atoms with Crippen LogP contribution in [-0.2, 0) is 0 Å². The Morgan fingerprint density at radius 2 is 1.96 bits per heavy atom. The van der Waals surface area contributed by atoms with E-state index in [-0.39, 0.29) is 29.5 Å². The number of hydrogen-bond donors (Lipinski definition) is 3. The summed E-state index contributed by atoms with van der Waals surface area (Å²) in [5.41, 5.74) is 6.69. The molecule has 2 atom stereocenters. The van der Waals surface area contributed by atoms with E-state index in [1.807, 2.05) is 0 Å². The van der Waals surface area contributed by atoms with Crippen molar-refractivity contribution in [2.45, 2.75) is 37.8 Å². The van der Waals surface area contributed by atoms with Gasteiger partial charge in [0.15, 0.2) is 0 Å². The van der Waals surface area contributed by atoms with Crippen LogP contribution < -0.4 is 16.4 Å². The summed E-state index contributed by atoms with van der Waals surface area (Å²) in [6.07, 6.45) is 5.07. The maximum absolute atomic E-state index is 11.3. The molecule has 3 rings (SSSR count). The Labute approximate surface area is 150 Å². The van der Waals surface area contributed by atoms with Crippen molar-refractivity contribution in [1.82, 2.24) is 9.97 Å². The summed E-state index contributed by atoms with van der Waals surface area (Å²) < 4.78 is 0. The Kier molecular flexibility index (Phi) is 5.30. The molecule has 1 aliphatic rings. The summed E-state index contributed by atoms with van der Waals surface area (Å²) in [4.78, 5) is 19.1. The van der Waals surface area contributed by atoms with E-state index in [9.17, 15) is 10.1 Å². The van der Waals surface area contributed by atoms with Crippen LogP contribution in [0.25, 0.3) is 0 Å². The predicted molar refractivity (Wildman–Crippen MR) is 97.3 cm³/mol. The van der Waals surface area contributed by atoms with Crippen LogP contribution in [0.3, 0.4) is 0 Å². The lowest BCUT2D eigenvalue weighted by Crippen LogP contribution is -2.42. The molecule has 0 saturated heterocycles. The average molecular weight is 363 g/mol. The van der Waals surface area contributed by atoms with Gasteiger partial charge in [-0.2, -0.15) is 4.98 Å². The monoisotopic (exact) mass is 362 g/mol. The molecule has 0 amide bonds. The molecule has 1 heterocycles. The maximum atomic E-state index is 11.3. The number of nitrogens with one attached hydrogen (secondary N) is 2. The molecular weight excluding hydrogens is 344 g/mol. The Bertz CT molecular complexity index is 755. The van der Waals surface area contributed by atoms with Crippen molar-refractivity contribution in [3.05, 3.63) is 45.6 Å². The van der Waals surface area contributed by atoms with Crippen molar-refractivity contribution >= 4 is 34.7 Å². The van der Waals surface area contributed by atoms with Gasteiger partial charge in [-0.05, 0) is 37.1 Å². The largest absolute Gasteiger partial charge is 0.360 e. The molecule has 0 aliphatic heterocycles. The van der Waals surface area contributed by atoms with E-state index in [1.54, 1.807) is 24.3 Å². The van der Waals surface area contributed by atoms with Crippen molar-refractivity contribution in [2.75, 3.05) is 10.6 Å². The minimum Gasteiger partial charge on any atom is -0.360 e. The maximum Gasteiger partial charge on any atom is 0.329 e. The van der Waals surface area contributed by atoms with Gasteiger partial charge < -0.3 is 16.4 Å². The molecule has 0 radical (unpaired) electrons. The molecule has 9 heteroatoms. The van der Waals surface area contributed by atoms with Crippen molar-refractivity contribution in [1.29, 1.82) is 0 Å². The van der Waals surface area contributed by atoms with E-state index >= 15 is 0 Å². The van der Waals surface area contributed by atoms with Gasteiger partial charge in [0.1, 0.15) is 6.20 Å². The van der Waals surface area contributed by atoms with Crippen LogP contribution in [0.4, 0.5) is 23.1 Å². The van der Waals surface area contributed by atoms with Crippen LogP contribution in [0.2, 0.25) is 5.02 Å². The van der Waals surface area contributed by atoms with Gasteiger partial charge in [0, 0.05) is 22.8 Å². The van der Waals surface area contributed by atoms with E-state index in [2.05, 4.69) is 20.6 Å². The predicted octanol–water partition coefficient (Wildman–Crippen LogP) is 3.46. The van der Waals surface area contributed by atoms with Gasteiger partial charge >= 0.3 is 5.69 Å². The van der Waals surface area contributed by atoms with Gasteiger partial charge in [-0.3, -0.25) is 10.1 Å². The van der Waals surface area contributed by atoms with Gasteiger partial charge in [-0.15, -0.1) is 0 Å². The van der Waals surface area contributed by atoms with E-state index in [0.717, 1.165) is 31.4 Å². The van der Waals surface area contributed by atoms with E-state index in [0.29, 0.717) is 5.02 Å². The number of anilines is 3. The molecule has 0 unspecified atom stereocenters. The highest BCUT2D eigenvalue weighted by Crippen LogP contribution is 2.27. The van der Waals surface area contributed by atoms with Crippen LogP contribution >= 0.6 is 11.6 Å². The molecular formula is C16H19ClN6O2. The molecule has 1 aromatic heterocycles. The summed E-state index contributed by atoms with van der Waals surface area (Å²) in [6, 6.07) is 6.93. The lowest BCUT2D eigenvalue weighted by molar-refractivity contribution is -0.384. The number of hydrogen-bond acceptors (Lipinski definition) is 7. The van der Waals surface area contributed by atoms with E-state index in [4.69, 9.17) is 17.3 Å². The number of aromatic nitrogens is 2. The lowest BCUT2D eigenvalue weighted by atomic mass is 9.91. The fourth-order valence-electron chi connectivity index (χ4n) is 2.85. The van der Waals surface area contributed by atoms with E-state index in [1.165, 1.54) is 6.20 Å². The first-order chi connectivity index (χ1) is 12.0. The highest BCUT2D eigenvalue weighted by molar-refractivity contribution is 6.30. The van der Waals surface area contributed by atoms with Crippen molar-refractivity contribution in [2.24, 2.45) is 5.73 Å². The Morgan fingerprint density at radius 3 is 2.64 bits per heavy atom. The summed E-state index contributed by atoms with van der Waals surface area (Å²) in [5, 5.41) is 18.0. The molecule has 1 aliphatic carbocycles. The molecule has 132 valence electrons. The van der Waals surface area contributed by atoms with E-state index < -0.39 is 4.92 Å². The van der Waals surface area contributed by atoms with Gasteiger partial charge in [0.2, 0.25) is 11.8 Å². The topological polar surface area (TPSA) is 119 Å². The average Bonchev–Trinajstić information content (AvgIpc) is 2.59. The van der Waals surface area contributed by atoms with Crippen LogP contribution in [-0.4, -0.2) is 27.0 Å². The number of nitrogens with two attached hydrogens (primary N) is 1. The van der Waals surface area contributed by atoms with Crippen LogP contribution in [0.5, 0.6) is 0 Å². The SMILES string of the molecule is N[C@@H]1CCCC[C@H]1Nc1nc(Nc2ccc(Cl)cc2)ncc1[N+](=O)[O-]. The molecule has 1 saturated carbocycles. The molecule has 1 aromatic carbocycles. The Morgan fingerprint density at radius 1 is 1.24 bits per heavy atom.